The number of carbonyl (C=O) groups excluding carboxylic acids is 5. The normalized spacial score (nSPS) is 15.0. The van der Waals surface area contributed by atoms with Gasteiger partial charge in [0.1, 0.15) is 6.10 Å². The van der Waals surface area contributed by atoms with E-state index in [-0.39, 0.29) is 44.5 Å². The molecule has 1 heterocycles. The molecule has 1 aromatic rings. The molecule has 1 aliphatic heterocycles. The van der Waals surface area contributed by atoms with Crippen LogP contribution >= 0.6 is 0 Å². The third-order valence-corrected chi connectivity index (χ3v) is 9.66. The molecular weight excluding hydrogens is 911 g/mol. The third-order valence-electron chi connectivity index (χ3n) is 9.66. The summed E-state index contributed by atoms with van der Waals surface area (Å²) in [6, 6.07) is 6.65. The first-order valence-electron chi connectivity index (χ1n) is 23.9. The number of nitrogens with one attached hydrogen (secondary N) is 2. The molecule has 0 saturated carbocycles. The molecule has 1 saturated heterocycles. The Hall–Kier alpha value is -4.17. The molecule has 2 aliphatic rings. The van der Waals surface area contributed by atoms with Crippen molar-refractivity contribution in [1.82, 2.24) is 10.4 Å². The van der Waals surface area contributed by atoms with E-state index in [0.29, 0.717) is 168 Å². The molecule has 0 aromatic heterocycles. The van der Waals surface area contributed by atoms with Gasteiger partial charge in [-0.25, -0.2) is 9.59 Å². The van der Waals surface area contributed by atoms with Crippen molar-refractivity contribution in [3.05, 3.63) is 42.0 Å². The van der Waals surface area contributed by atoms with Crippen LogP contribution in [-0.2, 0) is 80.8 Å². The number of rotatable bonds is 43. The number of carbonyl (C=O) groups is 5. The molecular formula is C47H75N3O19. The highest BCUT2D eigenvalue weighted by molar-refractivity contribution is 6.01. The maximum Gasteiger partial charge on any atom is 0.411 e. The van der Waals surface area contributed by atoms with Gasteiger partial charge >= 0.3 is 12.1 Å². The van der Waals surface area contributed by atoms with Gasteiger partial charge in [-0.3, -0.25) is 19.7 Å². The molecule has 3 rings (SSSR count). The molecule has 1 aromatic carbocycles. The predicted molar refractivity (Wildman–Crippen MR) is 247 cm³/mol. The highest BCUT2D eigenvalue weighted by Gasteiger charge is 2.32. The largest absolute Gasteiger partial charge is 0.446 e. The van der Waals surface area contributed by atoms with E-state index >= 15 is 0 Å². The Labute approximate surface area is 405 Å². The third kappa shape index (κ3) is 32.4. The summed E-state index contributed by atoms with van der Waals surface area (Å²) in [5.41, 5.74) is 1.04. The molecule has 2 N–H and O–H groups in total. The fourth-order valence-electron chi connectivity index (χ4n) is 6.07. The average Bonchev–Trinajstić information content (AvgIpc) is 3.65. The van der Waals surface area contributed by atoms with E-state index in [0.717, 1.165) is 32.1 Å². The lowest BCUT2D eigenvalue weighted by Crippen LogP contribution is -2.32. The smallest absolute Gasteiger partial charge is 0.411 e. The first-order valence-corrected chi connectivity index (χ1v) is 23.9. The lowest BCUT2D eigenvalue weighted by Gasteiger charge is -2.18. The highest BCUT2D eigenvalue weighted by Crippen LogP contribution is 2.17. The summed E-state index contributed by atoms with van der Waals surface area (Å²) in [5, 5.41) is 6.06. The van der Waals surface area contributed by atoms with Gasteiger partial charge < -0.3 is 71.7 Å². The fraction of sp³-hybridized carbons (Fsp3) is 0.723. The molecule has 1 unspecified atom stereocenters. The molecule has 0 spiro atoms. The van der Waals surface area contributed by atoms with Crippen LogP contribution in [0.4, 0.5) is 10.5 Å². The number of hydroxylamine groups is 2. The number of benzene rings is 1. The minimum absolute atomic E-state index is 0.0520. The summed E-state index contributed by atoms with van der Waals surface area (Å²) in [5.74, 6) is -1.97. The monoisotopic (exact) mass is 985 g/mol. The number of anilines is 1. The van der Waals surface area contributed by atoms with Crippen LogP contribution in [0.15, 0.2) is 36.4 Å². The molecule has 22 nitrogen and oxygen atoms in total. The van der Waals surface area contributed by atoms with Crippen LogP contribution in [-0.4, -0.2) is 206 Å². The van der Waals surface area contributed by atoms with Crippen molar-refractivity contribution >= 4 is 35.5 Å². The van der Waals surface area contributed by atoms with E-state index in [1.54, 1.807) is 24.3 Å². The number of imide groups is 1. The second-order valence-electron chi connectivity index (χ2n) is 15.1. The maximum absolute atomic E-state index is 12.4. The quantitative estimate of drug-likeness (QED) is 0.0543. The molecule has 4 amide bonds. The summed E-state index contributed by atoms with van der Waals surface area (Å²) in [4.78, 5) is 64.0. The summed E-state index contributed by atoms with van der Waals surface area (Å²) >= 11 is 0. The van der Waals surface area contributed by atoms with Crippen molar-refractivity contribution in [2.45, 2.75) is 57.5 Å². The molecule has 0 radical (unpaired) electrons. The van der Waals surface area contributed by atoms with E-state index < -0.39 is 23.9 Å². The molecule has 69 heavy (non-hydrogen) atoms. The Morgan fingerprint density at radius 1 is 0.493 bits per heavy atom. The van der Waals surface area contributed by atoms with Gasteiger partial charge in [0, 0.05) is 30.6 Å². The van der Waals surface area contributed by atoms with Gasteiger partial charge in [-0.1, -0.05) is 12.2 Å². The minimum atomic E-state index is -0.706. The zero-order chi connectivity index (χ0) is 49.1. The van der Waals surface area contributed by atoms with Gasteiger partial charge in [-0.2, -0.15) is 0 Å². The Morgan fingerprint density at radius 2 is 0.884 bits per heavy atom. The van der Waals surface area contributed by atoms with Gasteiger partial charge in [-0.15, -0.1) is 5.06 Å². The Bertz CT molecular complexity index is 1520. The lowest BCUT2D eigenvalue weighted by atomic mass is 10.0. The average molecular weight is 986 g/mol. The van der Waals surface area contributed by atoms with Crippen molar-refractivity contribution < 1.29 is 90.4 Å². The molecule has 1 aliphatic carbocycles. The minimum Gasteiger partial charge on any atom is -0.446 e. The van der Waals surface area contributed by atoms with Crippen molar-refractivity contribution in [2.75, 3.05) is 170 Å². The van der Waals surface area contributed by atoms with Crippen LogP contribution in [0.2, 0.25) is 0 Å². The first kappa shape index (κ1) is 59.1. The molecule has 392 valence electrons. The van der Waals surface area contributed by atoms with Gasteiger partial charge in [-0.05, 0) is 56.4 Å². The molecule has 0 bridgehead atoms. The number of allylic oxidation sites excluding steroid dienone is 2. The lowest BCUT2D eigenvalue weighted by molar-refractivity contribution is -0.198. The first-order chi connectivity index (χ1) is 33.9. The van der Waals surface area contributed by atoms with E-state index in [1.807, 2.05) is 0 Å². The number of ether oxygens (including phenoxy) is 13. The zero-order valence-corrected chi connectivity index (χ0v) is 40.1. The molecule has 1 atom stereocenters. The van der Waals surface area contributed by atoms with Crippen LogP contribution in [0.3, 0.4) is 0 Å². The maximum atomic E-state index is 12.4. The summed E-state index contributed by atoms with van der Waals surface area (Å²) in [6.45, 7) is 10.2. The van der Waals surface area contributed by atoms with Gasteiger partial charge in [0.25, 0.3) is 17.7 Å². The number of hydrogen-bond acceptors (Lipinski definition) is 19. The van der Waals surface area contributed by atoms with Crippen molar-refractivity contribution in [3.8, 4) is 0 Å². The molecule has 1 fully saturated rings. The Morgan fingerprint density at radius 3 is 1.32 bits per heavy atom. The standard InChI is InChI=1S/C47H75N3O19/c51-43-12-13-44(52)50(43)69-45(53)14-16-56-18-20-58-22-24-60-26-28-62-30-32-64-34-36-66-38-39-67-37-35-65-33-31-63-29-27-61-25-23-59-21-19-57-17-15-48-46(54)40-8-10-41(11-9-40)49-47(55)68-42-6-4-2-1-3-5-7-42/h1-2,8-11,42H,3-7,12-39H2,(H,48,54)(H,49,55). The van der Waals surface area contributed by atoms with Gasteiger partial charge in [0.05, 0.1) is 165 Å². The Balaban J connectivity index is 0.921. The van der Waals surface area contributed by atoms with Crippen molar-refractivity contribution in [3.63, 3.8) is 0 Å². The van der Waals surface area contributed by atoms with Crippen LogP contribution in [0.5, 0.6) is 0 Å². The van der Waals surface area contributed by atoms with Gasteiger partial charge in [0.2, 0.25) is 0 Å². The topological polar surface area (TPSA) is 242 Å². The predicted octanol–water partition coefficient (Wildman–Crippen LogP) is 3.05. The van der Waals surface area contributed by atoms with E-state index in [4.69, 9.17) is 66.4 Å². The second kappa shape index (κ2) is 41.6. The van der Waals surface area contributed by atoms with Crippen LogP contribution < -0.4 is 10.6 Å². The summed E-state index contributed by atoms with van der Waals surface area (Å²) in [6.07, 6.45) is 8.33. The van der Waals surface area contributed by atoms with E-state index in [9.17, 15) is 24.0 Å². The summed E-state index contributed by atoms with van der Waals surface area (Å²) < 4.78 is 71.2. The van der Waals surface area contributed by atoms with Crippen LogP contribution in [0.25, 0.3) is 0 Å². The molecule has 22 heteroatoms. The second-order valence-corrected chi connectivity index (χ2v) is 15.1. The van der Waals surface area contributed by atoms with Crippen LogP contribution in [0.1, 0.15) is 61.7 Å². The number of nitrogens with zero attached hydrogens (tertiary/aromatic N) is 1. The van der Waals surface area contributed by atoms with Gasteiger partial charge in [0.15, 0.2) is 0 Å². The Kier molecular flexibility index (Phi) is 35.7. The highest BCUT2D eigenvalue weighted by atomic mass is 16.7. The van der Waals surface area contributed by atoms with Crippen LogP contribution in [0, 0.1) is 0 Å². The fourth-order valence-corrected chi connectivity index (χ4v) is 6.07. The summed E-state index contributed by atoms with van der Waals surface area (Å²) in [7, 11) is 0. The van der Waals surface area contributed by atoms with E-state index in [2.05, 4.69) is 22.8 Å². The van der Waals surface area contributed by atoms with E-state index in [1.165, 1.54) is 0 Å². The number of hydrogen-bond donors (Lipinski definition) is 2. The van der Waals surface area contributed by atoms with Crippen molar-refractivity contribution in [1.29, 1.82) is 0 Å². The number of amides is 4. The SMILES string of the molecule is O=C(CCOCCOCCOCCOCCOCCOCCOCCOCCOCCOCCOCCOCCNC(=O)c1ccc(NC(=O)OC2CCC=CCCC2)cc1)ON1C(=O)CCC1=O. The van der Waals surface area contributed by atoms with Crippen molar-refractivity contribution in [2.24, 2.45) is 0 Å². The zero-order valence-electron chi connectivity index (χ0n) is 40.1.